The second-order valence-corrected chi connectivity index (χ2v) is 6.56. The van der Waals surface area contributed by atoms with Crippen LogP contribution in [-0.2, 0) is 0 Å². The van der Waals surface area contributed by atoms with Gasteiger partial charge in [-0.15, -0.1) is 10.2 Å². The van der Waals surface area contributed by atoms with Gasteiger partial charge in [-0.2, -0.15) is 5.10 Å². The van der Waals surface area contributed by atoms with Crippen LogP contribution in [-0.4, -0.2) is 29.4 Å². The summed E-state index contributed by atoms with van der Waals surface area (Å²) >= 11 is 12.3. The Labute approximate surface area is 157 Å². The molecule has 6 nitrogen and oxygen atoms in total. The van der Waals surface area contributed by atoms with E-state index in [0.29, 0.717) is 27.2 Å². The minimum absolute atomic E-state index is 0.610. The highest BCUT2D eigenvalue weighted by Crippen LogP contribution is 2.28. The van der Waals surface area contributed by atoms with Crippen molar-refractivity contribution in [2.75, 3.05) is 0 Å². The van der Waals surface area contributed by atoms with Crippen LogP contribution in [0.4, 0.5) is 0 Å². The monoisotopic (exact) mass is 380 g/mol. The molecule has 0 fully saturated rings. The fraction of sp³-hybridized carbons (Fsp3) is 0. The normalized spacial score (nSPS) is 11.5. The molecule has 5 rings (SSSR count). The molecular formula is C18H10Cl2N6. The topological polar surface area (TPSA) is 60.9 Å². The molecule has 0 radical (unpaired) electrons. The minimum atomic E-state index is 0.610. The molecule has 0 aliphatic carbocycles. The van der Waals surface area contributed by atoms with Gasteiger partial charge in [0.05, 0.1) is 22.3 Å². The Kier molecular flexibility index (Phi) is 3.41. The number of fused-ring (bicyclic) bond motifs is 3. The van der Waals surface area contributed by atoms with Crippen LogP contribution in [0.2, 0.25) is 10.0 Å². The molecule has 0 aliphatic rings. The van der Waals surface area contributed by atoms with Crippen LogP contribution < -0.4 is 0 Å². The molecule has 0 bridgehead atoms. The number of rotatable bonds is 2. The first kappa shape index (κ1) is 15.3. The highest BCUT2D eigenvalue weighted by molar-refractivity contribution is 6.33. The molecule has 8 heteroatoms. The van der Waals surface area contributed by atoms with Crippen LogP contribution in [0.25, 0.3) is 33.8 Å². The minimum Gasteiger partial charge on any atom is -0.264 e. The van der Waals surface area contributed by atoms with Gasteiger partial charge in [-0.05, 0) is 36.4 Å². The van der Waals surface area contributed by atoms with Crippen molar-refractivity contribution in [2.45, 2.75) is 0 Å². The van der Waals surface area contributed by atoms with Crippen molar-refractivity contribution in [3.8, 4) is 17.1 Å². The Hall–Kier alpha value is -2.96. The second-order valence-electron chi connectivity index (χ2n) is 5.71. The third-order valence-corrected chi connectivity index (χ3v) is 4.74. The SMILES string of the molecule is Clc1ccc(-n2ncc3c2ncn2c(-c4ccccc4Cl)nnc32)cc1. The summed E-state index contributed by atoms with van der Waals surface area (Å²) in [5.41, 5.74) is 3.03. The lowest BCUT2D eigenvalue weighted by Gasteiger charge is -2.04. The van der Waals surface area contributed by atoms with Crippen LogP contribution >= 0.6 is 23.2 Å². The molecule has 3 aromatic heterocycles. The highest BCUT2D eigenvalue weighted by atomic mass is 35.5. The van der Waals surface area contributed by atoms with Gasteiger partial charge in [0.2, 0.25) is 0 Å². The molecule has 5 aromatic rings. The van der Waals surface area contributed by atoms with Crippen molar-refractivity contribution in [3.63, 3.8) is 0 Å². The number of benzene rings is 2. The molecule has 0 atom stereocenters. The molecule has 0 amide bonds. The maximum Gasteiger partial charge on any atom is 0.175 e. The summed E-state index contributed by atoms with van der Waals surface area (Å²) in [5.74, 6) is 0.638. The van der Waals surface area contributed by atoms with Gasteiger partial charge >= 0.3 is 0 Å². The predicted octanol–water partition coefficient (Wildman–Crippen LogP) is 4.44. The standard InChI is InChI=1S/C18H10Cl2N6/c19-11-5-7-12(8-6-11)26-16-14(9-22-26)18-24-23-17(25(18)10-21-16)13-3-1-2-4-15(13)20/h1-10H. The first-order valence-corrected chi connectivity index (χ1v) is 8.56. The van der Waals surface area contributed by atoms with E-state index in [2.05, 4.69) is 20.3 Å². The molecule has 0 saturated carbocycles. The molecule has 26 heavy (non-hydrogen) atoms. The van der Waals surface area contributed by atoms with Crippen molar-refractivity contribution in [2.24, 2.45) is 0 Å². The molecule has 2 aromatic carbocycles. The third-order valence-electron chi connectivity index (χ3n) is 4.16. The van der Waals surface area contributed by atoms with Crippen LogP contribution in [0.1, 0.15) is 0 Å². The first-order valence-electron chi connectivity index (χ1n) is 7.81. The summed E-state index contributed by atoms with van der Waals surface area (Å²) in [4.78, 5) is 4.56. The number of halogens is 2. The van der Waals surface area contributed by atoms with Gasteiger partial charge in [0.1, 0.15) is 6.33 Å². The zero-order chi connectivity index (χ0) is 17.7. The Morgan fingerprint density at radius 2 is 1.65 bits per heavy atom. The first-order chi connectivity index (χ1) is 12.7. The van der Waals surface area contributed by atoms with Gasteiger partial charge in [-0.1, -0.05) is 35.3 Å². The van der Waals surface area contributed by atoms with Crippen LogP contribution in [0, 0.1) is 0 Å². The highest BCUT2D eigenvalue weighted by Gasteiger charge is 2.16. The van der Waals surface area contributed by atoms with E-state index >= 15 is 0 Å². The lowest BCUT2D eigenvalue weighted by Crippen LogP contribution is -1.99. The summed E-state index contributed by atoms with van der Waals surface area (Å²) in [6, 6.07) is 14.9. The average molecular weight is 381 g/mol. The van der Waals surface area contributed by atoms with Gasteiger partial charge in [-0.3, -0.25) is 4.40 Å². The van der Waals surface area contributed by atoms with Gasteiger partial charge in [-0.25, -0.2) is 9.67 Å². The van der Waals surface area contributed by atoms with Crippen LogP contribution in [0.3, 0.4) is 0 Å². The van der Waals surface area contributed by atoms with Crippen molar-refractivity contribution in [3.05, 3.63) is 71.1 Å². The molecule has 0 aliphatic heterocycles. The summed E-state index contributed by atoms with van der Waals surface area (Å²) in [5, 5.41) is 15.2. The Bertz CT molecular complexity index is 1260. The molecule has 0 unspecified atom stereocenters. The van der Waals surface area contributed by atoms with Crippen molar-refractivity contribution in [1.82, 2.24) is 29.4 Å². The quantitative estimate of drug-likeness (QED) is 0.454. The zero-order valence-electron chi connectivity index (χ0n) is 13.2. The van der Waals surface area contributed by atoms with Gasteiger partial charge in [0.15, 0.2) is 17.1 Å². The Morgan fingerprint density at radius 3 is 2.46 bits per heavy atom. The van der Waals surface area contributed by atoms with Gasteiger partial charge in [0.25, 0.3) is 0 Å². The van der Waals surface area contributed by atoms with E-state index in [4.69, 9.17) is 23.2 Å². The zero-order valence-corrected chi connectivity index (χ0v) is 14.7. The fourth-order valence-electron chi connectivity index (χ4n) is 2.92. The summed E-state index contributed by atoms with van der Waals surface area (Å²) in [6.07, 6.45) is 3.42. The van der Waals surface area contributed by atoms with E-state index in [9.17, 15) is 0 Å². The number of aromatic nitrogens is 6. The molecule has 126 valence electrons. The lowest BCUT2D eigenvalue weighted by molar-refractivity contribution is 0.893. The van der Waals surface area contributed by atoms with Gasteiger partial charge in [0, 0.05) is 10.6 Å². The molecule has 0 N–H and O–H groups in total. The molecule has 0 saturated heterocycles. The largest absolute Gasteiger partial charge is 0.264 e. The number of hydrogen-bond acceptors (Lipinski definition) is 4. The van der Waals surface area contributed by atoms with E-state index in [1.807, 2.05) is 52.9 Å². The average Bonchev–Trinajstić information content (AvgIpc) is 3.26. The van der Waals surface area contributed by atoms with E-state index in [1.165, 1.54) is 0 Å². The third kappa shape index (κ3) is 2.27. The van der Waals surface area contributed by atoms with E-state index in [0.717, 1.165) is 16.6 Å². The summed E-state index contributed by atoms with van der Waals surface area (Å²) < 4.78 is 3.56. The summed E-state index contributed by atoms with van der Waals surface area (Å²) in [7, 11) is 0. The lowest BCUT2D eigenvalue weighted by atomic mass is 10.2. The Balaban J connectivity index is 1.73. The van der Waals surface area contributed by atoms with E-state index < -0.39 is 0 Å². The second kappa shape index (κ2) is 5.79. The van der Waals surface area contributed by atoms with E-state index in [1.54, 1.807) is 17.2 Å². The van der Waals surface area contributed by atoms with Crippen molar-refractivity contribution >= 4 is 39.9 Å². The maximum atomic E-state index is 6.30. The smallest absolute Gasteiger partial charge is 0.175 e. The molecule has 3 heterocycles. The Morgan fingerprint density at radius 1 is 0.846 bits per heavy atom. The van der Waals surface area contributed by atoms with Gasteiger partial charge < -0.3 is 0 Å². The van der Waals surface area contributed by atoms with Crippen molar-refractivity contribution in [1.29, 1.82) is 0 Å². The fourth-order valence-corrected chi connectivity index (χ4v) is 3.26. The summed E-state index contributed by atoms with van der Waals surface area (Å²) in [6.45, 7) is 0. The van der Waals surface area contributed by atoms with E-state index in [-0.39, 0.29) is 0 Å². The van der Waals surface area contributed by atoms with Crippen molar-refractivity contribution < 1.29 is 0 Å². The molecule has 0 spiro atoms. The van der Waals surface area contributed by atoms with Crippen LogP contribution in [0.15, 0.2) is 61.1 Å². The number of nitrogens with zero attached hydrogens (tertiary/aromatic N) is 6. The molecular weight excluding hydrogens is 371 g/mol. The predicted molar refractivity (Wildman–Crippen MR) is 101 cm³/mol. The number of hydrogen-bond donors (Lipinski definition) is 0. The maximum absolute atomic E-state index is 6.30. The van der Waals surface area contributed by atoms with Crippen LogP contribution in [0.5, 0.6) is 0 Å².